The van der Waals surface area contributed by atoms with Crippen LogP contribution in [0.25, 0.3) is 0 Å². The molecule has 1 fully saturated rings. The molecular weight excluding hydrogens is 318 g/mol. The van der Waals surface area contributed by atoms with Crippen molar-refractivity contribution in [3.63, 3.8) is 0 Å². The van der Waals surface area contributed by atoms with Crippen LogP contribution in [0.4, 0.5) is 5.69 Å². The molecule has 1 aromatic carbocycles. The van der Waals surface area contributed by atoms with Gasteiger partial charge in [-0.25, -0.2) is 0 Å². The summed E-state index contributed by atoms with van der Waals surface area (Å²) in [6.07, 6.45) is 4.56. The van der Waals surface area contributed by atoms with E-state index in [0.29, 0.717) is 17.6 Å². The van der Waals surface area contributed by atoms with Crippen molar-refractivity contribution in [1.29, 1.82) is 0 Å². The number of likely N-dealkylation sites (tertiary alicyclic amines) is 1. The fourth-order valence-corrected chi connectivity index (χ4v) is 3.09. The van der Waals surface area contributed by atoms with Gasteiger partial charge < -0.3 is 10.2 Å². The molecule has 2 rings (SSSR count). The lowest BCUT2D eigenvalue weighted by molar-refractivity contribution is -0.385. The first-order valence-corrected chi connectivity index (χ1v) is 8.33. The highest BCUT2D eigenvalue weighted by Gasteiger charge is 2.21. The first-order chi connectivity index (χ1) is 11.0. The highest BCUT2D eigenvalue weighted by molar-refractivity contribution is 6.31. The zero-order valence-electron chi connectivity index (χ0n) is 13.3. The number of nitrogens with zero attached hydrogens (tertiary/aromatic N) is 2. The van der Waals surface area contributed by atoms with E-state index in [-0.39, 0.29) is 11.3 Å². The molecule has 1 saturated heterocycles. The first kappa shape index (κ1) is 17.7. The number of nitro groups is 1. The van der Waals surface area contributed by atoms with E-state index in [4.69, 9.17) is 11.6 Å². The Morgan fingerprint density at radius 2 is 2.26 bits per heavy atom. The standard InChI is InChI=1S/C16H22ClN3O3/c1-12-5-2-3-9-19(12)10-4-8-18-16(21)14-11-13(17)6-7-15(14)20(22)23/h6-7,11-12H,2-5,8-10H2,1H3,(H,18,21)/t12-/m1/s1. The van der Waals surface area contributed by atoms with Crippen LogP contribution in [-0.4, -0.2) is 41.4 Å². The normalized spacial score (nSPS) is 18.6. The van der Waals surface area contributed by atoms with Gasteiger partial charge in [-0.2, -0.15) is 0 Å². The lowest BCUT2D eigenvalue weighted by atomic mass is 10.0. The molecule has 0 spiro atoms. The summed E-state index contributed by atoms with van der Waals surface area (Å²) >= 11 is 5.84. The van der Waals surface area contributed by atoms with E-state index in [1.165, 1.54) is 37.5 Å². The molecule has 0 aromatic heterocycles. The van der Waals surface area contributed by atoms with Crippen molar-refractivity contribution in [2.45, 2.75) is 38.6 Å². The summed E-state index contributed by atoms with van der Waals surface area (Å²) in [6, 6.07) is 4.59. The Hall–Kier alpha value is -1.66. The Labute approximate surface area is 141 Å². The number of hydrogen-bond acceptors (Lipinski definition) is 4. The SMILES string of the molecule is C[C@@H]1CCCCN1CCCNC(=O)c1cc(Cl)ccc1[N+](=O)[O-]. The lowest BCUT2D eigenvalue weighted by Crippen LogP contribution is -2.39. The fraction of sp³-hybridized carbons (Fsp3) is 0.562. The van der Waals surface area contributed by atoms with Gasteiger partial charge in [-0.3, -0.25) is 14.9 Å². The molecular formula is C16H22ClN3O3. The Morgan fingerprint density at radius 3 is 2.96 bits per heavy atom. The Bertz CT molecular complexity index is 580. The zero-order chi connectivity index (χ0) is 16.8. The number of piperidine rings is 1. The third kappa shape index (κ3) is 4.91. The van der Waals surface area contributed by atoms with E-state index in [2.05, 4.69) is 17.1 Å². The van der Waals surface area contributed by atoms with Gasteiger partial charge >= 0.3 is 0 Å². The van der Waals surface area contributed by atoms with Gasteiger partial charge in [-0.1, -0.05) is 18.0 Å². The van der Waals surface area contributed by atoms with E-state index < -0.39 is 10.8 Å². The molecule has 0 saturated carbocycles. The number of nitrogens with one attached hydrogen (secondary N) is 1. The Kier molecular flexibility index (Phi) is 6.36. The minimum Gasteiger partial charge on any atom is -0.352 e. The van der Waals surface area contributed by atoms with Gasteiger partial charge in [0.2, 0.25) is 0 Å². The topological polar surface area (TPSA) is 75.5 Å². The third-order valence-corrected chi connectivity index (χ3v) is 4.48. The van der Waals surface area contributed by atoms with Crippen LogP contribution in [0, 0.1) is 10.1 Å². The van der Waals surface area contributed by atoms with Crippen LogP contribution in [0.15, 0.2) is 18.2 Å². The molecule has 1 aliphatic rings. The molecule has 1 atom stereocenters. The monoisotopic (exact) mass is 339 g/mol. The number of amides is 1. The van der Waals surface area contributed by atoms with Crippen molar-refractivity contribution in [1.82, 2.24) is 10.2 Å². The third-order valence-electron chi connectivity index (χ3n) is 4.25. The molecule has 0 bridgehead atoms. The second kappa shape index (κ2) is 8.26. The molecule has 6 nitrogen and oxygen atoms in total. The second-order valence-electron chi connectivity index (χ2n) is 5.91. The summed E-state index contributed by atoms with van der Waals surface area (Å²) in [5.74, 6) is -0.453. The molecule has 0 radical (unpaired) electrons. The number of hydrogen-bond donors (Lipinski definition) is 1. The van der Waals surface area contributed by atoms with Crippen LogP contribution in [-0.2, 0) is 0 Å². The highest BCUT2D eigenvalue weighted by Crippen LogP contribution is 2.22. The molecule has 1 amide bonds. The molecule has 126 valence electrons. The van der Waals surface area contributed by atoms with Crippen LogP contribution in [0.5, 0.6) is 0 Å². The lowest BCUT2D eigenvalue weighted by Gasteiger charge is -2.33. The second-order valence-corrected chi connectivity index (χ2v) is 6.35. The maximum absolute atomic E-state index is 12.1. The number of carbonyl (C=O) groups excluding carboxylic acids is 1. The number of halogens is 1. The number of nitro benzene ring substituents is 1. The van der Waals surface area contributed by atoms with E-state index in [1.54, 1.807) is 0 Å². The largest absolute Gasteiger partial charge is 0.352 e. The van der Waals surface area contributed by atoms with Gasteiger partial charge in [0.1, 0.15) is 5.56 Å². The van der Waals surface area contributed by atoms with Crippen molar-refractivity contribution < 1.29 is 9.72 Å². The van der Waals surface area contributed by atoms with Gasteiger partial charge in [-0.15, -0.1) is 0 Å². The minimum absolute atomic E-state index is 0.00819. The summed E-state index contributed by atoms with van der Waals surface area (Å²) in [5, 5.41) is 14.0. The van der Waals surface area contributed by atoms with Crippen LogP contribution in [0.3, 0.4) is 0 Å². The molecule has 7 heteroatoms. The van der Waals surface area contributed by atoms with Crippen LogP contribution >= 0.6 is 11.6 Å². The number of benzene rings is 1. The summed E-state index contributed by atoms with van der Waals surface area (Å²) in [5.41, 5.74) is -0.217. The first-order valence-electron chi connectivity index (χ1n) is 7.95. The molecule has 0 aliphatic carbocycles. The van der Waals surface area contributed by atoms with Gasteiger partial charge in [-0.05, 0) is 44.9 Å². The molecule has 1 aliphatic heterocycles. The summed E-state index contributed by atoms with van der Waals surface area (Å²) < 4.78 is 0. The molecule has 1 aromatic rings. The average Bonchev–Trinajstić information content (AvgIpc) is 2.52. The number of carbonyl (C=O) groups is 1. The van der Waals surface area contributed by atoms with E-state index in [0.717, 1.165) is 19.5 Å². The van der Waals surface area contributed by atoms with Crippen molar-refractivity contribution in [3.8, 4) is 0 Å². The van der Waals surface area contributed by atoms with Crippen LogP contribution < -0.4 is 5.32 Å². The van der Waals surface area contributed by atoms with E-state index >= 15 is 0 Å². The van der Waals surface area contributed by atoms with Crippen molar-refractivity contribution >= 4 is 23.2 Å². The highest BCUT2D eigenvalue weighted by atomic mass is 35.5. The minimum atomic E-state index is -0.569. The van der Waals surface area contributed by atoms with Gasteiger partial charge in [0.05, 0.1) is 4.92 Å². The molecule has 23 heavy (non-hydrogen) atoms. The van der Waals surface area contributed by atoms with Crippen molar-refractivity contribution in [2.24, 2.45) is 0 Å². The summed E-state index contributed by atoms with van der Waals surface area (Å²) in [6.45, 7) is 4.76. The molecule has 1 N–H and O–H groups in total. The Balaban J connectivity index is 1.85. The van der Waals surface area contributed by atoms with Gasteiger partial charge in [0, 0.05) is 30.2 Å². The smallest absolute Gasteiger partial charge is 0.282 e. The van der Waals surface area contributed by atoms with E-state index in [1.807, 2.05) is 0 Å². The maximum atomic E-state index is 12.1. The average molecular weight is 340 g/mol. The van der Waals surface area contributed by atoms with Crippen LogP contribution in [0.1, 0.15) is 43.0 Å². The Morgan fingerprint density at radius 1 is 1.48 bits per heavy atom. The molecule has 0 unspecified atom stereocenters. The van der Waals surface area contributed by atoms with Crippen molar-refractivity contribution in [2.75, 3.05) is 19.6 Å². The number of rotatable bonds is 6. The summed E-state index contributed by atoms with van der Waals surface area (Å²) in [4.78, 5) is 25.0. The summed E-state index contributed by atoms with van der Waals surface area (Å²) in [7, 11) is 0. The predicted octanol–water partition coefficient (Wildman–Crippen LogP) is 3.24. The fourth-order valence-electron chi connectivity index (χ4n) is 2.92. The maximum Gasteiger partial charge on any atom is 0.282 e. The zero-order valence-corrected chi connectivity index (χ0v) is 14.0. The van der Waals surface area contributed by atoms with Crippen molar-refractivity contribution in [3.05, 3.63) is 38.9 Å². The molecule has 1 heterocycles. The predicted molar refractivity (Wildman–Crippen MR) is 89.9 cm³/mol. The quantitative estimate of drug-likeness (QED) is 0.490. The van der Waals surface area contributed by atoms with Gasteiger partial charge in [0.25, 0.3) is 11.6 Å². The van der Waals surface area contributed by atoms with Gasteiger partial charge in [0.15, 0.2) is 0 Å². The van der Waals surface area contributed by atoms with E-state index in [9.17, 15) is 14.9 Å². The van der Waals surface area contributed by atoms with Crippen LogP contribution in [0.2, 0.25) is 5.02 Å².